The second-order valence-electron chi connectivity index (χ2n) is 7.75. The molecule has 1 saturated heterocycles. The van der Waals surface area contributed by atoms with Crippen molar-refractivity contribution < 1.29 is 29.3 Å². The first-order valence-corrected chi connectivity index (χ1v) is 12.0. The molecule has 0 amide bonds. The van der Waals surface area contributed by atoms with Crippen molar-refractivity contribution in [2.45, 2.75) is 69.1 Å². The molecule has 2 aromatic rings. The van der Waals surface area contributed by atoms with E-state index in [1.165, 1.54) is 4.68 Å². The average molecular weight is 463 g/mol. The molecule has 1 aliphatic carbocycles. The summed E-state index contributed by atoms with van der Waals surface area (Å²) in [7, 11) is -4.14. The Hall–Kier alpha value is -1.40. The highest BCUT2D eigenvalue weighted by molar-refractivity contribution is 7.51. The minimum Gasteiger partial charge on any atom is -0.388 e. The summed E-state index contributed by atoms with van der Waals surface area (Å²) in [6.45, 7) is 0. The monoisotopic (exact) mass is 462 g/mol. The molecule has 3 heterocycles. The second-order valence-corrected chi connectivity index (χ2v) is 9.86. The number of aliphatic hydroxyl groups is 2. The third kappa shape index (κ3) is 4.59. The number of aromatic nitrogens is 5. The van der Waals surface area contributed by atoms with E-state index in [0.29, 0.717) is 11.3 Å². The van der Waals surface area contributed by atoms with Gasteiger partial charge in [0.15, 0.2) is 23.2 Å². The molecule has 166 valence electrons. The van der Waals surface area contributed by atoms with Crippen LogP contribution < -0.4 is 5.32 Å². The molecule has 4 rings (SSSR count). The first kappa shape index (κ1) is 21.8. The van der Waals surface area contributed by atoms with Crippen LogP contribution >= 0.6 is 19.2 Å². The maximum absolute atomic E-state index is 11.0. The molecule has 0 bridgehead atoms. The molecule has 0 unspecified atom stereocenters. The van der Waals surface area contributed by atoms with Crippen LogP contribution in [0.3, 0.4) is 0 Å². The number of hydrogen-bond donors (Lipinski definition) is 5. The van der Waals surface area contributed by atoms with Gasteiger partial charge in [0.25, 0.3) is 0 Å². The summed E-state index contributed by atoms with van der Waals surface area (Å²) in [5, 5.41) is 32.3. The van der Waals surface area contributed by atoms with Gasteiger partial charge in [-0.1, -0.05) is 18.1 Å². The van der Waals surface area contributed by atoms with Crippen molar-refractivity contribution >= 4 is 36.2 Å². The zero-order valence-corrected chi connectivity index (χ0v) is 17.7. The number of ether oxygens (including phenoxy) is 1. The normalized spacial score (nSPS) is 27.9. The Morgan fingerprint density at radius 1 is 1.20 bits per heavy atom. The third-order valence-electron chi connectivity index (χ3n) is 5.51. The number of hydrogen-bond acceptors (Lipinski definition) is 9. The molecule has 0 aromatic carbocycles. The Bertz CT molecular complexity index is 950. The maximum Gasteiger partial charge on any atom is 0.325 e. The van der Waals surface area contributed by atoms with Crippen molar-refractivity contribution in [1.29, 1.82) is 0 Å². The summed E-state index contributed by atoms with van der Waals surface area (Å²) < 4.78 is 18.0. The minimum atomic E-state index is -4.14. The van der Waals surface area contributed by atoms with Gasteiger partial charge in [0.2, 0.25) is 5.28 Å². The average Bonchev–Trinajstić information content (AvgIpc) is 3.37. The summed E-state index contributed by atoms with van der Waals surface area (Å²) in [5.74, 6) is 0.453. The number of rotatable bonds is 7. The van der Waals surface area contributed by atoms with E-state index >= 15 is 0 Å². The molecule has 2 fully saturated rings. The number of anilines is 1. The van der Waals surface area contributed by atoms with E-state index < -0.39 is 32.1 Å². The number of halogens is 1. The van der Waals surface area contributed by atoms with Gasteiger partial charge < -0.3 is 30.1 Å². The van der Waals surface area contributed by atoms with Gasteiger partial charge in [-0.3, -0.25) is 4.57 Å². The van der Waals surface area contributed by atoms with E-state index in [-0.39, 0.29) is 36.0 Å². The van der Waals surface area contributed by atoms with E-state index in [1.54, 1.807) is 0 Å². The lowest BCUT2D eigenvalue weighted by molar-refractivity contribution is -0.0448. The lowest BCUT2D eigenvalue weighted by Gasteiger charge is -2.15. The number of nitrogens with zero attached hydrogens (tertiary/aromatic N) is 5. The van der Waals surface area contributed by atoms with Gasteiger partial charge in [0, 0.05) is 12.2 Å². The quantitative estimate of drug-likeness (QED) is 0.290. The summed E-state index contributed by atoms with van der Waals surface area (Å²) >= 11 is 6.09. The fourth-order valence-corrected chi connectivity index (χ4v) is 4.77. The van der Waals surface area contributed by atoms with Gasteiger partial charge in [-0.25, -0.2) is 0 Å². The molecule has 12 nitrogen and oxygen atoms in total. The van der Waals surface area contributed by atoms with Gasteiger partial charge in [-0.15, -0.1) is 5.10 Å². The second kappa shape index (κ2) is 8.62. The Morgan fingerprint density at radius 2 is 1.93 bits per heavy atom. The Morgan fingerprint density at radius 3 is 2.63 bits per heavy atom. The molecule has 4 atom stereocenters. The molecule has 5 N–H and O–H groups in total. The first-order chi connectivity index (χ1) is 14.2. The predicted octanol–water partition coefficient (Wildman–Crippen LogP) is 0.806. The van der Waals surface area contributed by atoms with Gasteiger partial charge >= 0.3 is 7.60 Å². The smallest absolute Gasteiger partial charge is 0.325 e. The van der Waals surface area contributed by atoms with Crippen molar-refractivity contribution in [3.8, 4) is 0 Å². The maximum atomic E-state index is 11.0. The molecule has 14 heteroatoms. The van der Waals surface area contributed by atoms with Crippen LogP contribution in [0.5, 0.6) is 0 Å². The molecule has 1 saturated carbocycles. The van der Waals surface area contributed by atoms with Crippen molar-refractivity contribution in [2.24, 2.45) is 0 Å². The van der Waals surface area contributed by atoms with Crippen LogP contribution in [0.4, 0.5) is 5.82 Å². The van der Waals surface area contributed by atoms with Crippen molar-refractivity contribution in [3.63, 3.8) is 0 Å². The highest BCUT2D eigenvalue weighted by Crippen LogP contribution is 2.38. The molecule has 30 heavy (non-hydrogen) atoms. The molecule has 1 aliphatic heterocycles. The SMILES string of the molecule is O=P(O)(O)CCC[C@H]1O[C@@H](n2nnc3c(NC4CCCC4)nc(Cl)nc32)[C@H](O)[C@@H]1O. The Labute approximate surface area is 176 Å². The van der Waals surface area contributed by atoms with E-state index in [0.717, 1.165) is 25.7 Å². The van der Waals surface area contributed by atoms with Crippen LogP contribution in [-0.4, -0.2) is 75.5 Å². The van der Waals surface area contributed by atoms with E-state index in [1.807, 2.05) is 0 Å². The summed E-state index contributed by atoms with van der Waals surface area (Å²) in [5.41, 5.74) is 0.629. The molecule has 2 aliphatic rings. The van der Waals surface area contributed by atoms with E-state index in [4.69, 9.17) is 26.1 Å². The fraction of sp³-hybridized carbons (Fsp3) is 0.750. The molecule has 0 spiro atoms. The molecule has 0 radical (unpaired) electrons. The molecule has 2 aromatic heterocycles. The third-order valence-corrected chi connectivity index (χ3v) is 6.58. The van der Waals surface area contributed by atoms with Crippen LogP contribution in [0.25, 0.3) is 11.2 Å². The van der Waals surface area contributed by atoms with Crippen LogP contribution in [0.15, 0.2) is 0 Å². The standard InChI is InChI=1S/C16H24ClN6O6P/c17-16-19-13(18-8-4-1-2-5-8)10-14(20-16)23(22-21-10)15-12(25)11(24)9(29-15)6-3-7-30(26,27)28/h8-9,11-12,15,24-25H,1-7H2,(H,18,19,20)(H2,26,27,28)/t9-,11-,12-,15-/m1/s1. The molecular formula is C16H24ClN6O6P. The van der Waals surface area contributed by atoms with Gasteiger partial charge in [-0.2, -0.15) is 14.6 Å². The largest absolute Gasteiger partial charge is 0.388 e. The van der Waals surface area contributed by atoms with Gasteiger partial charge in [-0.05, 0) is 37.3 Å². The number of fused-ring (bicyclic) bond motifs is 1. The summed E-state index contributed by atoms with van der Waals surface area (Å²) in [6.07, 6.45) is -0.191. The topological polar surface area (TPSA) is 176 Å². The van der Waals surface area contributed by atoms with Crippen molar-refractivity contribution in [1.82, 2.24) is 25.0 Å². The zero-order chi connectivity index (χ0) is 21.5. The van der Waals surface area contributed by atoms with Crippen molar-refractivity contribution in [3.05, 3.63) is 5.28 Å². The summed E-state index contributed by atoms with van der Waals surface area (Å²) in [4.78, 5) is 26.4. The van der Waals surface area contributed by atoms with Crippen molar-refractivity contribution in [2.75, 3.05) is 11.5 Å². The predicted molar refractivity (Wildman–Crippen MR) is 106 cm³/mol. The van der Waals surface area contributed by atoms with Gasteiger partial charge in [0.1, 0.15) is 12.2 Å². The zero-order valence-electron chi connectivity index (χ0n) is 16.0. The van der Waals surface area contributed by atoms with Crippen LogP contribution in [-0.2, 0) is 9.30 Å². The Balaban J connectivity index is 1.55. The highest BCUT2D eigenvalue weighted by Gasteiger charge is 2.45. The van der Waals surface area contributed by atoms with Crippen LogP contribution in [0.2, 0.25) is 5.28 Å². The fourth-order valence-electron chi connectivity index (χ4n) is 4.01. The van der Waals surface area contributed by atoms with E-state index in [2.05, 4.69) is 25.6 Å². The van der Waals surface area contributed by atoms with Gasteiger partial charge in [0.05, 0.1) is 6.10 Å². The lowest BCUT2D eigenvalue weighted by Crippen LogP contribution is -2.32. The first-order valence-electron chi connectivity index (χ1n) is 9.84. The number of aliphatic hydroxyl groups excluding tert-OH is 2. The summed E-state index contributed by atoms with van der Waals surface area (Å²) in [6, 6.07) is 0.262. The van der Waals surface area contributed by atoms with Crippen LogP contribution in [0, 0.1) is 0 Å². The molecular weight excluding hydrogens is 439 g/mol. The number of nitrogens with one attached hydrogen (secondary N) is 1. The van der Waals surface area contributed by atoms with E-state index in [9.17, 15) is 14.8 Å². The lowest BCUT2D eigenvalue weighted by atomic mass is 10.1. The minimum absolute atomic E-state index is 0.0159. The van der Waals surface area contributed by atoms with Crippen LogP contribution in [0.1, 0.15) is 44.8 Å². The highest BCUT2D eigenvalue weighted by atomic mass is 35.5. The Kier molecular flexibility index (Phi) is 6.27.